The summed E-state index contributed by atoms with van der Waals surface area (Å²) in [5, 5.41) is 3.09. The lowest BCUT2D eigenvalue weighted by Crippen LogP contribution is -2.29. The van der Waals surface area contributed by atoms with Crippen molar-refractivity contribution in [3.63, 3.8) is 0 Å². The fraction of sp³-hybridized carbons (Fsp3) is 0.467. The van der Waals surface area contributed by atoms with Crippen molar-refractivity contribution in [1.29, 1.82) is 0 Å². The van der Waals surface area contributed by atoms with Gasteiger partial charge < -0.3 is 9.05 Å². The van der Waals surface area contributed by atoms with Gasteiger partial charge in [0.05, 0.1) is 0 Å². The first-order chi connectivity index (χ1) is 26.1. The lowest BCUT2D eigenvalue weighted by atomic mass is 9.92. The normalized spacial score (nSPS) is 22.2. The number of para-hydroxylation sites is 2. The molecule has 8 heteroatoms. The number of hydrogen-bond acceptors (Lipinski definition) is 4. The van der Waals surface area contributed by atoms with Gasteiger partial charge in [-0.05, 0) is 144 Å². The van der Waals surface area contributed by atoms with E-state index in [2.05, 4.69) is 153 Å². The molecular formula is C45H62N2O2P4. The summed E-state index contributed by atoms with van der Waals surface area (Å²) in [6, 6.07) is 40.0. The molecule has 6 atom stereocenters. The van der Waals surface area contributed by atoms with Gasteiger partial charge in [-0.3, -0.25) is 4.44 Å². The highest BCUT2D eigenvalue weighted by Crippen LogP contribution is 2.67. The Bertz CT molecular complexity index is 1600. The number of benzene rings is 4. The van der Waals surface area contributed by atoms with Crippen molar-refractivity contribution in [1.82, 2.24) is 8.88 Å². The van der Waals surface area contributed by atoms with Crippen LogP contribution in [-0.4, -0.2) is 45.6 Å². The molecule has 4 nitrogen and oxygen atoms in total. The van der Waals surface area contributed by atoms with E-state index < -0.39 is 24.7 Å². The molecule has 0 spiro atoms. The van der Waals surface area contributed by atoms with Gasteiger partial charge in [0.2, 0.25) is 0 Å². The fourth-order valence-corrected chi connectivity index (χ4v) is 21.1. The summed E-state index contributed by atoms with van der Waals surface area (Å²) in [6.07, 6.45) is 14.0. The van der Waals surface area contributed by atoms with Crippen LogP contribution < -0.4 is 19.7 Å². The molecule has 4 aromatic carbocycles. The van der Waals surface area contributed by atoms with E-state index >= 15 is 0 Å². The molecular weight excluding hydrogens is 724 g/mol. The third-order valence-corrected chi connectivity index (χ3v) is 23.1. The molecule has 53 heavy (non-hydrogen) atoms. The average molecular weight is 787 g/mol. The van der Waals surface area contributed by atoms with Crippen LogP contribution in [0.2, 0.25) is 0 Å². The Labute approximate surface area is 326 Å². The number of unbranched alkanes of at least 4 members (excludes halogenated alkanes) is 2. The minimum atomic E-state index is -1.32. The summed E-state index contributed by atoms with van der Waals surface area (Å²) in [6.45, 7) is 14.1. The Hall–Kier alpha value is -1.88. The Morgan fingerprint density at radius 2 is 1.25 bits per heavy atom. The predicted molar refractivity (Wildman–Crippen MR) is 236 cm³/mol. The number of nitrogens with zero attached hydrogens (tertiary/aromatic N) is 2. The van der Waals surface area contributed by atoms with Gasteiger partial charge in [0.15, 0.2) is 0 Å². The topological polar surface area (TPSA) is 24.9 Å². The molecule has 0 aromatic heterocycles. The van der Waals surface area contributed by atoms with Gasteiger partial charge in [-0.2, -0.15) is 4.44 Å². The van der Waals surface area contributed by atoms with Gasteiger partial charge in [-0.1, -0.05) is 125 Å². The van der Waals surface area contributed by atoms with Crippen molar-refractivity contribution < 1.29 is 9.05 Å². The van der Waals surface area contributed by atoms with Crippen LogP contribution in [0.4, 0.5) is 0 Å². The van der Waals surface area contributed by atoms with E-state index in [1.54, 1.807) is 5.30 Å². The van der Waals surface area contributed by atoms with Crippen LogP contribution in [-0.2, 0) is 0 Å². The molecule has 0 N–H and O–H groups in total. The van der Waals surface area contributed by atoms with Crippen molar-refractivity contribution in [3.8, 4) is 11.5 Å². The molecule has 0 amide bonds. The molecule has 0 aliphatic carbocycles. The second-order valence-electron chi connectivity index (χ2n) is 14.5. The number of rotatable bonds is 19. The average Bonchev–Trinajstić information content (AvgIpc) is 3.85. The summed E-state index contributed by atoms with van der Waals surface area (Å²) >= 11 is 0. The molecule has 2 aliphatic heterocycles. The van der Waals surface area contributed by atoms with Crippen LogP contribution in [0.3, 0.4) is 0 Å². The maximum atomic E-state index is 6.81. The molecule has 0 bridgehead atoms. The van der Waals surface area contributed by atoms with Crippen molar-refractivity contribution in [2.45, 2.75) is 110 Å². The van der Waals surface area contributed by atoms with Gasteiger partial charge in [-0.15, -0.1) is 0 Å². The van der Waals surface area contributed by atoms with E-state index in [1.165, 1.54) is 80.2 Å². The van der Waals surface area contributed by atoms with Crippen molar-refractivity contribution >= 4 is 43.4 Å². The largest absolute Gasteiger partial charge is 0.427 e. The molecule has 4 aromatic rings. The van der Waals surface area contributed by atoms with Gasteiger partial charge in [-0.25, -0.2) is 0 Å². The van der Waals surface area contributed by atoms with Crippen LogP contribution in [0.15, 0.2) is 109 Å². The third-order valence-electron chi connectivity index (χ3n) is 11.0. The molecule has 2 aliphatic rings. The maximum Gasteiger partial charge on any atom is 0.388 e. The van der Waals surface area contributed by atoms with E-state index in [0.717, 1.165) is 36.5 Å². The molecule has 2 saturated heterocycles. The summed E-state index contributed by atoms with van der Waals surface area (Å²) < 4.78 is 19.4. The minimum Gasteiger partial charge on any atom is -0.427 e. The smallest absolute Gasteiger partial charge is 0.388 e. The molecule has 4 unspecified atom stereocenters. The Morgan fingerprint density at radius 3 is 1.83 bits per heavy atom. The molecule has 2 fully saturated rings. The quantitative estimate of drug-likeness (QED) is 0.0884. The van der Waals surface area contributed by atoms with E-state index in [1.807, 2.05) is 0 Å². The van der Waals surface area contributed by atoms with Crippen LogP contribution >= 0.6 is 32.7 Å². The summed E-state index contributed by atoms with van der Waals surface area (Å²) in [7, 11) is -2.50. The summed E-state index contributed by atoms with van der Waals surface area (Å²) in [4.78, 5) is 0. The van der Waals surface area contributed by atoms with Crippen LogP contribution in [0.25, 0.3) is 0 Å². The summed E-state index contributed by atoms with van der Waals surface area (Å²) in [5.41, 5.74) is 4.44. The molecule has 284 valence electrons. The first-order valence-electron chi connectivity index (χ1n) is 20.4. The third kappa shape index (κ3) is 10.3. The van der Waals surface area contributed by atoms with Gasteiger partial charge in [0, 0.05) is 21.2 Å². The zero-order chi connectivity index (χ0) is 37.0. The van der Waals surface area contributed by atoms with E-state index in [4.69, 9.17) is 9.05 Å². The zero-order valence-corrected chi connectivity index (χ0v) is 36.4. The Kier molecular flexibility index (Phi) is 16.1. The van der Waals surface area contributed by atoms with Crippen LogP contribution in [0.1, 0.15) is 103 Å². The molecule has 0 radical (unpaired) electrons. The number of hydrogen-bond donors (Lipinski definition) is 0. The maximum absolute atomic E-state index is 6.81. The fourth-order valence-electron chi connectivity index (χ4n) is 8.11. The standard InChI is InChI=1S/C45H62N2O2P4/c1-6-10-33-46(50-35-20-26-41(50)8-3)52(45-27-19-18-21-37(45)5)42-30-28-38(29-31-42)43-32-36-51(44(43)9-4)47(34-11-7-2)53(48-39-22-14-12-15-23-39)49-40-24-16-13-17-25-40/h12-19,21-25,27-31,41,43-44H,6-11,20,26,32-36H2,1-5H3/t41-,43?,44-,50?,51?,52?/m1/s1. The summed E-state index contributed by atoms with van der Waals surface area (Å²) in [5.74, 6) is 2.32. The monoisotopic (exact) mass is 786 g/mol. The number of aryl methyl sites for hydroxylation is 1. The van der Waals surface area contributed by atoms with Gasteiger partial charge in [0.1, 0.15) is 11.5 Å². The highest BCUT2D eigenvalue weighted by Gasteiger charge is 2.44. The highest BCUT2D eigenvalue weighted by molar-refractivity contribution is 7.79. The zero-order valence-electron chi connectivity index (χ0n) is 32.8. The Balaban J connectivity index is 1.30. The highest BCUT2D eigenvalue weighted by atomic mass is 31.2. The second-order valence-corrected chi connectivity index (χ2v) is 23.6. The SMILES string of the molecule is CCCCN(P(Oc1ccccc1)Oc1ccccc1)P1CCC(c2ccc(P(c3ccccc3C)N(CCCC)P3CCC[C@H]3CC)cc2)[C@H]1CC. The Morgan fingerprint density at radius 1 is 0.642 bits per heavy atom. The minimum absolute atomic E-state index is 0.134. The van der Waals surface area contributed by atoms with Gasteiger partial charge >= 0.3 is 8.53 Å². The van der Waals surface area contributed by atoms with Crippen molar-refractivity contribution in [2.75, 3.05) is 25.4 Å². The van der Waals surface area contributed by atoms with E-state index in [9.17, 15) is 0 Å². The van der Waals surface area contributed by atoms with Crippen molar-refractivity contribution in [2.24, 2.45) is 0 Å². The van der Waals surface area contributed by atoms with E-state index in [-0.39, 0.29) is 8.07 Å². The van der Waals surface area contributed by atoms with Crippen molar-refractivity contribution in [3.05, 3.63) is 120 Å². The first kappa shape index (κ1) is 40.8. The van der Waals surface area contributed by atoms with Gasteiger partial charge in [0.25, 0.3) is 0 Å². The molecule has 6 rings (SSSR count). The first-order valence-corrected chi connectivity index (χ1v) is 25.9. The lowest BCUT2D eigenvalue weighted by molar-refractivity contribution is 0.428. The van der Waals surface area contributed by atoms with Crippen LogP contribution in [0.5, 0.6) is 11.5 Å². The van der Waals surface area contributed by atoms with E-state index in [0.29, 0.717) is 11.6 Å². The van der Waals surface area contributed by atoms with Crippen LogP contribution in [0, 0.1) is 6.92 Å². The second kappa shape index (κ2) is 20.9. The lowest BCUT2D eigenvalue weighted by Gasteiger charge is -2.40. The predicted octanol–water partition coefficient (Wildman–Crippen LogP) is 13.6. The molecule has 2 heterocycles. The molecule has 0 saturated carbocycles.